The molecule has 1 aromatic carbocycles. The van der Waals surface area contributed by atoms with Gasteiger partial charge < -0.3 is 5.32 Å². The first-order chi connectivity index (χ1) is 6.99. The molecule has 0 spiro atoms. The van der Waals surface area contributed by atoms with Gasteiger partial charge in [0.05, 0.1) is 10.7 Å². The van der Waals surface area contributed by atoms with Crippen LogP contribution in [0.25, 0.3) is 0 Å². The molecular weight excluding hydrogens is 206 g/mol. The molecule has 0 aliphatic rings. The summed E-state index contributed by atoms with van der Waals surface area (Å²) >= 11 is 6.15. The zero-order valence-corrected chi connectivity index (χ0v) is 10.7. The third-order valence-electron chi connectivity index (χ3n) is 2.35. The molecule has 1 aromatic rings. The van der Waals surface area contributed by atoms with Gasteiger partial charge in [-0.15, -0.1) is 0 Å². The van der Waals surface area contributed by atoms with Crippen LogP contribution in [0.3, 0.4) is 0 Å². The van der Waals surface area contributed by atoms with E-state index in [0.29, 0.717) is 12.0 Å². The Kier molecular flexibility index (Phi) is 4.46. The molecule has 0 fully saturated rings. The lowest BCUT2D eigenvalue weighted by Crippen LogP contribution is -2.17. The van der Waals surface area contributed by atoms with Crippen molar-refractivity contribution >= 4 is 17.3 Å². The Morgan fingerprint density at radius 3 is 2.47 bits per heavy atom. The number of halogens is 1. The number of hydrogen-bond donors (Lipinski definition) is 1. The SMILES string of the molecule is Cc1ccc(NC(C)CC(C)C)c(Cl)c1. The zero-order valence-electron chi connectivity index (χ0n) is 9.97. The molecule has 0 aliphatic heterocycles. The van der Waals surface area contributed by atoms with Gasteiger partial charge in [0.2, 0.25) is 0 Å². The average molecular weight is 226 g/mol. The van der Waals surface area contributed by atoms with Gasteiger partial charge in [0.25, 0.3) is 0 Å². The van der Waals surface area contributed by atoms with Crippen LogP contribution in [0, 0.1) is 12.8 Å². The van der Waals surface area contributed by atoms with Crippen molar-refractivity contribution in [2.45, 2.75) is 40.2 Å². The largest absolute Gasteiger partial charge is 0.381 e. The number of hydrogen-bond acceptors (Lipinski definition) is 1. The van der Waals surface area contributed by atoms with Crippen LogP contribution >= 0.6 is 11.6 Å². The first kappa shape index (κ1) is 12.4. The number of rotatable bonds is 4. The Morgan fingerprint density at radius 1 is 1.27 bits per heavy atom. The van der Waals surface area contributed by atoms with E-state index in [2.05, 4.69) is 38.2 Å². The van der Waals surface area contributed by atoms with Gasteiger partial charge in [0, 0.05) is 6.04 Å². The Hall–Kier alpha value is -0.690. The summed E-state index contributed by atoms with van der Waals surface area (Å²) in [7, 11) is 0. The van der Waals surface area contributed by atoms with E-state index in [-0.39, 0.29) is 0 Å². The summed E-state index contributed by atoms with van der Waals surface area (Å²) < 4.78 is 0. The lowest BCUT2D eigenvalue weighted by atomic mass is 10.0. The van der Waals surface area contributed by atoms with Crippen LogP contribution in [0.15, 0.2) is 18.2 Å². The van der Waals surface area contributed by atoms with E-state index in [1.807, 2.05) is 13.0 Å². The van der Waals surface area contributed by atoms with Crippen LogP contribution < -0.4 is 5.32 Å². The topological polar surface area (TPSA) is 12.0 Å². The van der Waals surface area contributed by atoms with E-state index in [9.17, 15) is 0 Å². The van der Waals surface area contributed by atoms with Gasteiger partial charge >= 0.3 is 0 Å². The standard InChI is InChI=1S/C13H20ClN/c1-9(2)7-11(4)15-13-6-5-10(3)8-12(13)14/h5-6,8-9,11,15H,7H2,1-4H3. The Bertz CT molecular complexity index is 320. The molecule has 1 atom stereocenters. The highest BCUT2D eigenvalue weighted by Gasteiger charge is 2.07. The van der Waals surface area contributed by atoms with Gasteiger partial charge in [-0.3, -0.25) is 0 Å². The highest BCUT2D eigenvalue weighted by atomic mass is 35.5. The van der Waals surface area contributed by atoms with Crippen LogP contribution in [-0.2, 0) is 0 Å². The Labute approximate surface area is 97.8 Å². The molecule has 0 aromatic heterocycles. The predicted octanol–water partition coefficient (Wildman–Crippen LogP) is 4.49. The second-order valence-corrected chi connectivity index (χ2v) is 5.07. The predicted molar refractivity (Wildman–Crippen MR) is 68.7 cm³/mol. The van der Waals surface area contributed by atoms with E-state index < -0.39 is 0 Å². The molecule has 1 rings (SSSR count). The molecule has 15 heavy (non-hydrogen) atoms. The molecule has 0 saturated heterocycles. The number of nitrogens with one attached hydrogen (secondary N) is 1. The number of anilines is 1. The lowest BCUT2D eigenvalue weighted by Gasteiger charge is -2.18. The fraction of sp³-hybridized carbons (Fsp3) is 0.538. The van der Waals surface area contributed by atoms with Crippen molar-refractivity contribution in [3.8, 4) is 0 Å². The molecule has 0 radical (unpaired) electrons. The molecule has 1 unspecified atom stereocenters. The van der Waals surface area contributed by atoms with Gasteiger partial charge in [-0.25, -0.2) is 0 Å². The average Bonchev–Trinajstić information content (AvgIpc) is 2.08. The summed E-state index contributed by atoms with van der Waals surface area (Å²) in [5, 5.41) is 4.25. The first-order valence-electron chi connectivity index (χ1n) is 5.51. The summed E-state index contributed by atoms with van der Waals surface area (Å²) in [4.78, 5) is 0. The Balaban J connectivity index is 2.64. The number of benzene rings is 1. The minimum atomic E-state index is 0.463. The summed E-state index contributed by atoms with van der Waals surface area (Å²) in [6.45, 7) is 8.70. The van der Waals surface area contributed by atoms with E-state index in [4.69, 9.17) is 11.6 Å². The third kappa shape index (κ3) is 4.13. The van der Waals surface area contributed by atoms with Crippen LogP contribution in [-0.4, -0.2) is 6.04 Å². The maximum Gasteiger partial charge on any atom is 0.0640 e. The molecule has 0 aliphatic carbocycles. The fourth-order valence-corrected chi connectivity index (χ4v) is 2.06. The van der Waals surface area contributed by atoms with Crippen LogP contribution in [0.5, 0.6) is 0 Å². The van der Waals surface area contributed by atoms with E-state index >= 15 is 0 Å². The van der Waals surface area contributed by atoms with Crippen molar-refractivity contribution < 1.29 is 0 Å². The van der Waals surface area contributed by atoms with Crippen LogP contribution in [0.1, 0.15) is 32.8 Å². The summed E-state index contributed by atoms with van der Waals surface area (Å²) in [5.74, 6) is 0.705. The highest BCUT2D eigenvalue weighted by molar-refractivity contribution is 6.33. The molecule has 1 nitrogen and oxygen atoms in total. The molecule has 0 saturated carbocycles. The summed E-state index contributed by atoms with van der Waals surface area (Å²) in [5.41, 5.74) is 2.23. The van der Waals surface area contributed by atoms with E-state index in [1.165, 1.54) is 5.56 Å². The molecule has 2 heteroatoms. The smallest absolute Gasteiger partial charge is 0.0640 e. The monoisotopic (exact) mass is 225 g/mol. The molecule has 1 N–H and O–H groups in total. The van der Waals surface area contributed by atoms with Gasteiger partial charge in [-0.05, 0) is 43.9 Å². The van der Waals surface area contributed by atoms with Crippen molar-refractivity contribution in [2.75, 3.05) is 5.32 Å². The van der Waals surface area contributed by atoms with Crippen molar-refractivity contribution in [1.82, 2.24) is 0 Å². The van der Waals surface area contributed by atoms with Crippen LogP contribution in [0.2, 0.25) is 5.02 Å². The minimum absolute atomic E-state index is 0.463. The second-order valence-electron chi connectivity index (χ2n) is 4.66. The maximum absolute atomic E-state index is 6.15. The third-order valence-corrected chi connectivity index (χ3v) is 2.66. The zero-order chi connectivity index (χ0) is 11.4. The van der Waals surface area contributed by atoms with E-state index in [1.54, 1.807) is 0 Å². The second kappa shape index (κ2) is 5.41. The summed E-state index contributed by atoms with van der Waals surface area (Å²) in [6, 6.07) is 6.58. The normalized spacial score (nSPS) is 12.9. The number of aryl methyl sites for hydroxylation is 1. The highest BCUT2D eigenvalue weighted by Crippen LogP contribution is 2.24. The maximum atomic E-state index is 6.15. The quantitative estimate of drug-likeness (QED) is 0.796. The summed E-state index contributed by atoms with van der Waals surface area (Å²) in [6.07, 6.45) is 1.16. The van der Waals surface area contributed by atoms with Crippen molar-refractivity contribution in [3.63, 3.8) is 0 Å². The van der Waals surface area contributed by atoms with Crippen molar-refractivity contribution in [1.29, 1.82) is 0 Å². The first-order valence-corrected chi connectivity index (χ1v) is 5.89. The van der Waals surface area contributed by atoms with Gasteiger partial charge in [0.1, 0.15) is 0 Å². The molecule has 0 heterocycles. The lowest BCUT2D eigenvalue weighted by molar-refractivity contribution is 0.540. The van der Waals surface area contributed by atoms with Gasteiger partial charge in [0.15, 0.2) is 0 Å². The molecular formula is C13H20ClN. The molecule has 84 valence electrons. The van der Waals surface area contributed by atoms with Crippen molar-refractivity contribution in [3.05, 3.63) is 28.8 Å². The minimum Gasteiger partial charge on any atom is -0.381 e. The van der Waals surface area contributed by atoms with Gasteiger partial charge in [-0.1, -0.05) is 31.5 Å². The molecule has 0 bridgehead atoms. The van der Waals surface area contributed by atoms with Crippen LogP contribution in [0.4, 0.5) is 5.69 Å². The molecule has 0 amide bonds. The van der Waals surface area contributed by atoms with Gasteiger partial charge in [-0.2, -0.15) is 0 Å². The Morgan fingerprint density at radius 2 is 1.93 bits per heavy atom. The fourth-order valence-electron chi connectivity index (χ4n) is 1.77. The van der Waals surface area contributed by atoms with Crippen molar-refractivity contribution in [2.24, 2.45) is 5.92 Å². The van der Waals surface area contributed by atoms with E-state index in [0.717, 1.165) is 17.1 Å².